The molecular weight excluding hydrogens is 202 g/mol. The molecular formula is C9H11NOS2. The maximum atomic E-state index is 7.92. The highest BCUT2D eigenvalue weighted by Gasteiger charge is 1.89. The number of nitrogens with zero attached hydrogens (tertiary/aromatic N) is 1. The second-order valence-corrected chi connectivity index (χ2v) is 4.09. The Bertz CT molecular complexity index is 326. The molecule has 4 heteroatoms. The van der Waals surface area contributed by atoms with Crippen LogP contribution in [0.1, 0.15) is 6.92 Å². The van der Waals surface area contributed by atoms with Gasteiger partial charge in [0, 0.05) is 0 Å². The number of fused-ring (bicyclic) bond motifs is 1. The lowest BCUT2D eigenvalue weighted by molar-refractivity contribution is 0.286. The third kappa shape index (κ3) is 3.76. The molecule has 1 aromatic heterocycles. The van der Waals surface area contributed by atoms with E-state index in [2.05, 4.69) is 23.7 Å². The van der Waals surface area contributed by atoms with E-state index in [1.54, 1.807) is 18.3 Å². The summed E-state index contributed by atoms with van der Waals surface area (Å²) in [4.78, 5) is 4.14. The number of para-hydroxylation sites is 1. The second-order valence-electron chi connectivity index (χ2n) is 2.45. The first-order chi connectivity index (χ1) is 6.20. The van der Waals surface area contributed by atoms with E-state index in [1.807, 2.05) is 23.7 Å². The first kappa shape index (κ1) is 10.5. The average molecular weight is 213 g/mol. The summed E-state index contributed by atoms with van der Waals surface area (Å²) in [5, 5.41) is 7.92. The van der Waals surface area contributed by atoms with Gasteiger partial charge in [-0.3, -0.25) is 0 Å². The number of thiazole rings is 1. The maximum absolute atomic E-state index is 7.92. The number of aliphatic hydroxyl groups excluding tert-OH is 1. The largest absolute Gasteiger partial charge is 0.383 e. The van der Waals surface area contributed by atoms with Crippen LogP contribution in [-0.4, -0.2) is 15.5 Å². The predicted molar refractivity (Wildman–Crippen MR) is 60.3 cm³/mol. The van der Waals surface area contributed by atoms with Crippen molar-refractivity contribution in [3.05, 3.63) is 29.8 Å². The third-order valence-electron chi connectivity index (χ3n) is 1.24. The first-order valence-electron chi connectivity index (χ1n) is 3.84. The van der Waals surface area contributed by atoms with Crippen LogP contribution in [0.25, 0.3) is 10.2 Å². The lowest BCUT2D eigenvalue weighted by Crippen LogP contribution is -1.79. The molecule has 2 rings (SSSR count). The maximum Gasteiger partial charge on any atom is 0.0936 e. The molecule has 0 bridgehead atoms. The van der Waals surface area contributed by atoms with Crippen LogP contribution in [-0.2, 0) is 0 Å². The zero-order valence-electron chi connectivity index (χ0n) is 7.21. The molecule has 0 saturated heterocycles. The minimum Gasteiger partial charge on any atom is -0.383 e. The molecule has 0 amide bonds. The summed E-state index contributed by atoms with van der Waals surface area (Å²) in [5.41, 5.74) is 2.49. The van der Waals surface area contributed by atoms with Crippen molar-refractivity contribution in [1.82, 2.24) is 4.98 Å². The van der Waals surface area contributed by atoms with E-state index in [0.717, 1.165) is 5.52 Å². The molecule has 1 heterocycles. The summed E-state index contributed by atoms with van der Waals surface area (Å²) in [6, 6.07) is 8.13. The van der Waals surface area contributed by atoms with E-state index >= 15 is 0 Å². The minimum absolute atomic E-state index is 0.472. The Balaban J connectivity index is 0.000000184. The van der Waals surface area contributed by atoms with Crippen LogP contribution in [0.15, 0.2) is 29.8 Å². The molecule has 0 aliphatic carbocycles. The molecule has 1 atom stereocenters. The van der Waals surface area contributed by atoms with Gasteiger partial charge in [0.2, 0.25) is 0 Å². The van der Waals surface area contributed by atoms with Gasteiger partial charge in [0.25, 0.3) is 0 Å². The highest BCUT2D eigenvalue weighted by Crippen LogP contribution is 2.15. The van der Waals surface area contributed by atoms with Crippen LogP contribution >= 0.6 is 24.0 Å². The fourth-order valence-electron chi connectivity index (χ4n) is 0.803. The lowest BCUT2D eigenvalue weighted by Gasteiger charge is -1.80. The monoisotopic (exact) mass is 213 g/mol. The van der Waals surface area contributed by atoms with Gasteiger partial charge in [0.05, 0.1) is 21.2 Å². The van der Waals surface area contributed by atoms with Gasteiger partial charge < -0.3 is 5.11 Å². The first-order valence-corrected chi connectivity index (χ1v) is 5.24. The van der Waals surface area contributed by atoms with Gasteiger partial charge in [0.15, 0.2) is 0 Å². The number of benzene rings is 1. The minimum atomic E-state index is -0.472. The van der Waals surface area contributed by atoms with Gasteiger partial charge in [-0.25, -0.2) is 4.98 Å². The average Bonchev–Trinajstić information content (AvgIpc) is 2.49. The topological polar surface area (TPSA) is 33.1 Å². The molecule has 0 saturated carbocycles. The Morgan fingerprint density at radius 2 is 2.08 bits per heavy atom. The molecule has 0 fully saturated rings. The smallest absolute Gasteiger partial charge is 0.0936 e. The number of hydrogen-bond donors (Lipinski definition) is 2. The van der Waals surface area contributed by atoms with E-state index in [4.69, 9.17) is 5.11 Å². The zero-order valence-corrected chi connectivity index (χ0v) is 8.92. The van der Waals surface area contributed by atoms with Crippen molar-refractivity contribution >= 4 is 34.2 Å². The molecule has 0 radical (unpaired) electrons. The summed E-state index contributed by atoms with van der Waals surface area (Å²) in [5.74, 6) is 0. The molecule has 13 heavy (non-hydrogen) atoms. The second kappa shape index (κ2) is 5.21. The van der Waals surface area contributed by atoms with Crippen molar-refractivity contribution in [3.8, 4) is 0 Å². The fourth-order valence-corrected chi connectivity index (χ4v) is 1.48. The summed E-state index contributed by atoms with van der Waals surface area (Å²) in [6.07, 6.45) is 0. The molecule has 1 unspecified atom stereocenters. The SMILES string of the molecule is CC(O)S.c1ccc2scnc2c1. The van der Waals surface area contributed by atoms with E-state index in [1.165, 1.54) is 4.70 Å². The van der Waals surface area contributed by atoms with Crippen molar-refractivity contribution < 1.29 is 5.11 Å². The number of thiol groups is 1. The molecule has 1 N–H and O–H groups in total. The molecule has 1 aromatic carbocycles. The Labute approximate surface area is 86.7 Å². The molecule has 2 nitrogen and oxygen atoms in total. The van der Waals surface area contributed by atoms with E-state index in [-0.39, 0.29) is 0 Å². The normalized spacial score (nSPS) is 11.9. The molecule has 2 aromatic rings. The van der Waals surface area contributed by atoms with Gasteiger partial charge in [-0.15, -0.1) is 24.0 Å². The number of aromatic nitrogens is 1. The van der Waals surface area contributed by atoms with E-state index in [0.29, 0.717) is 0 Å². The standard InChI is InChI=1S/C7H5NS.C2H6OS/c1-2-4-7-6(3-1)8-5-9-7;1-2(3)4/h1-5H;2-4H,1H3. The van der Waals surface area contributed by atoms with Gasteiger partial charge in [-0.05, 0) is 19.1 Å². The Hall–Kier alpha value is -0.580. The summed E-state index contributed by atoms with van der Waals surface area (Å²) in [6.45, 7) is 1.59. The van der Waals surface area contributed by atoms with Crippen LogP contribution in [0.3, 0.4) is 0 Å². The molecule has 0 aliphatic rings. The van der Waals surface area contributed by atoms with Crippen LogP contribution in [0, 0.1) is 0 Å². The Kier molecular flexibility index (Phi) is 4.21. The van der Waals surface area contributed by atoms with Crippen LogP contribution < -0.4 is 0 Å². The van der Waals surface area contributed by atoms with Crippen molar-refractivity contribution in [2.24, 2.45) is 0 Å². The molecule has 0 aliphatic heterocycles. The Morgan fingerprint density at radius 1 is 1.46 bits per heavy atom. The molecule has 0 spiro atoms. The number of aliphatic hydroxyl groups is 1. The number of hydrogen-bond acceptors (Lipinski definition) is 4. The van der Waals surface area contributed by atoms with Gasteiger partial charge in [-0.1, -0.05) is 12.1 Å². The van der Waals surface area contributed by atoms with Crippen LogP contribution in [0.5, 0.6) is 0 Å². The van der Waals surface area contributed by atoms with Crippen molar-refractivity contribution in [1.29, 1.82) is 0 Å². The van der Waals surface area contributed by atoms with Crippen LogP contribution in [0.4, 0.5) is 0 Å². The Morgan fingerprint density at radius 3 is 2.69 bits per heavy atom. The van der Waals surface area contributed by atoms with Gasteiger partial charge in [0.1, 0.15) is 0 Å². The quantitative estimate of drug-likeness (QED) is 0.521. The lowest BCUT2D eigenvalue weighted by atomic mass is 10.3. The van der Waals surface area contributed by atoms with Crippen molar-refractivity contribution in [2.45, 2.75) is 12.4 Å². The highest BCUT2D eigenvalue weighted by molar-refractivity contribution is 7.80. The van der Waals surface area contributed by atoms with E-state index < -0.39 is 5.44 Å². The highest BCUT2D eigenvalue weighted by atomic mass is 32.1. The zero-order chi connectivity index (χ0) is 9.68. The summed E-state index contributed by atoms with van der Waals surface area (Å²) < 4.78 is 1.26. The van der Waals surface area contributed by atoms with Crippen LogP contribution in [0.2, 0.25) is 0 Å². The number of rotatable bonds is 0. The molecule has 70 valence electrons. The van der Waals surface area contributed by atoms with Gasteiger partial charge in [-0.2, -0.15) is 0 Å². The fraction of sp³-hybridized carbons (Fsp3) is 0.222. The van der Waals surface area contributed by atoms with Crippen molar-refractivity contribution in [3.63, 3.8) is 0 Å². The van der Waals surface area contributed by atoms with E-state index in [9.17, 15) is 0 Å². The third-order valence-corrected chi connectivity index (χ3v) is 2.05. The summed E-state index contributed by atoms with van der Waals surface area (Å²) >= 11 is 5.20. The summed E-state index contributed by atoms with van der Waals surface area (Å²) in [7, 11) is 0. The van der Waals surface area contributed by atoms with Crippen molar-refractivity contribution in [2.75, 3.05) is 0 Å². The predicted octanol–water partition coefficient (Wildman–Crippen LogP) is 2.55. The van der Waals surface area contributed by atoms with Gasteiger partial charge >= 0.3 is 0 Å².